The molecule has 3 aromatic rings. The zero-order valence-electron chi connectivity index (χ0n) is 14.1. The maximum absolute atomic E-state index is 13.2. The van der Waals surface area contributed by atoms with Crippen LogP contribution in [0.15, 0.2) is 57.9 Å². The molecule has 26 heavy (non-hydrogen) atoms. The van der Waals surface area contributed by atoms with Crippen LogP contribution in [-0.4, -0.2) is 25.2 Å². The largest absolute Gasteiger partial charge is 0.515 e. The van der Waals surface area contributed by atoms with E-state index >= 15 is 0 Å². The molecule has 0 spiro atoms. The molecule has 0 atom stereocenters. The molecule has 1 aromatic heterocycles. The minimum absolute atomic E-state index is 0.0947. The van der Waals surface area contributed by atoms with Crippen LogP contribution in [0.1, 0.15) is 12.5 Å². The highest BCUT2D eigenvalue weighted by molar-refractivity contribution is 9.10. The van der Waals surface area contributed by atoms with E-state index in [0.717, 1.165) is 14.0 Å². The summed E-state index contributed by atoms with van der Waals surface area (Å²) in [5, 5.41) is 0.606. The Labute approximate surface area is 159 Å². The Bertz CT molecular complexity index is 1070. The monoisotopic (exact) mass is 437 g/mol. The van der Waals surface area contributed by atoms with Crippen molar-refractivity contribution >= 4 is 43.0 Å². The van der Waals surface area contributed by atoms with Crippen molar-refractivity contribution in [2.75, 3.05) is 6.61 Å². The van der Waals surface area contributed by atoms with Crippen LogP contribution in [0, 0.1) is 6.92 Å². The molecule has 0 aliphatic heterocycles. The lowest BCUT2D eigenvalue weighted by Crippen LogP contribution is -2.18. The lowest BCUT2D eigenvalue weighted by atomic mass is 10.2. The van der Waals surface area contributed by atoms with E-state index in [-0.39, 0.29) is 17.4 Å². The van der Waals surface area contributed by atoms with Gasteiger partial charge in [0.05, 0.1) is 17.0 Å². The number of carbonyl (C=O) groups is 1. The molecule has 1 heterocycles. The molecule has 6 nitrogen and oxygen atoms in total. The number of hydrogen-bond acceptors (Lipinski definition) is 5. The number of fused-ring (bicyclic) bond motifs is 1. The van der Waals surface area contributed by atoms with E-state index in [1.807, 2.05) is 6.92 Å². The van der Waals surface area contributed by atoms with Crippen molar-refractivity contribution in [2.45, 2.75) is 18.7 Å². The number of nitrogens with zero attached hydrogens (tertiary/aromatic N) is 1. The van der Waals surface area contributed by atoms with E-state index in [1.54, 1.807) is 37.3 Å². The molecule has 0 N–H and O–H groups in total. The number of halogens is 1. The van der Waals surface area contributed by atoms with Crippen LogP contribution in [0.3, 0.4) is 0 Å². The van der Waals surface area contributed by atoms with Crippen LogP contribution >= 0.6 is 15.9 Å². The smallest absolute Gasteiger partial charge is 0.434 e. The van der Waals surface area contributed by atoms with Gasteiger partial charge in [0.25, 0.3) is 10.0 Å². The summed E-state index contributed by atoms with van der Waals surface area (Å²) in [5.74, 6) is -0.128. The van der Waals surface area contributed by atoms with Gasteiger partial charge in [0, 0.05) is 15.9 Å². The average Bonchev–Trinajstić information content (AvgIpc) is 2.92. The van der Waals surface area contributed by atoms with Crippen LogP contribution in [-0.2, 0) is 14.8 Å². The van der Waals surface area contributed by atoms with Crippen molar-refractivity contribution in [3.8, 4) is 5.88 Å². The van der Waals surface area contributed by atoms with Crippen LogP contribution in [0.25, 0.3) is 10.9 Å². The van der Waals surface area contributed by atoms with Gasteiger partial charge < -0.3 is 9.47 Å². The van der Waals surface area contributed by atoms with E-state index in [0.29, 0.717) is 10.9 Å². The summed E-state index contributed by atoms with van der Waals surface area (Å²) >= 11 is 3.35. The molecule has 3 rings (SSSR count). The molecule has 0 bridgehead atoms. The third-order valence-electron chi connectivity index (χ3n) is 3.70. The molecule has 0 radical (unpaired) electrons. The fourth-order valence-electron chi connectivity index (χ4n) is 2.50. The first kappa shape index (κ1) is 18.5. The van der Waals surface area contributed by atoms with Gasteiger partial charge in [0.2, 0.25) is 5.88 Å². The first-order valence-corrected chi connectivity index (χ1v) is 10.0. The summed E-state index contributed by atoms with van der Waals surface area (Å²) in [5.41, 5.74) is 1.33. The first-order valence-electron chi connectivity index (χ1n) is 7.81. The Balaban J connectivity index is 2.21. The van der Waals surface area contributed by atoms with Gasteiger partial charge in [0.15, 0.2) is 0 Å². The number of hydrogen-bond donors (Lipinski definition) is 0. The van der Waals surface area contributed by atoms with E-state index in [1.165, 1.54) is 18.2 Å². The minimum atomic E-state index is -3.97. The zero-order chi connectivity index (χ0) is 18.9. The molecule has 8 heteroatoms. The lowest BCUT2D eigenvalue weighted by Gasteiger charge is -2.12. The van der Waals surface area contributed by atoms with Crippen molar-refractivity contribution in [3.63, 3.8) is 0 Å². The number of aryl methyl sites for hydroxylation is 1. The predicted octanol–water partition coefficient (Wildman–Crippen LogP) is 4.48. The maximum atomic E-state index is 13.2. The number of carbonyl (C=O) groups excluding carboxylic acids is 1. The molecule has 0 saturated heterocycles. The summed E-state index contributed by atoms with van der Waals surface area (Å²) in [6.07, 6.45) is -0.963. The van der Waals surface area contributed by atoms with Gasteiger partial charge in [-0.15, -0.1) is 0 Å². The third kappa shape index (κ3) is 3.47. The Hall–Kier alpha value is -2.32. The van der Waals surface area contributed by atoms with Gasteiger partial charge in [0.1, 0.15) is 0 Å². The van der Waals surface area contributed by atoms with Crippen LogP contribution in [0.4, 0.5) is 4.79 Å². The minimum Gasteiger partial charge on any atom is -0.434 e. The van der Waals surface area contributed by atoms with Crippen molar-refractivity contribution in [3.05, 3.63) is 58.6 Å². The van der Waals surface area contributed by atoms with Gasteiger partial charge in [-0.25, -0.2) is 17.2 Å². The molecule has 0 aliphatic carbocycles. The first-order chi connectivity index (χ1) is 12.3. The molecule has 0 amide bonds. The number of benzene rings is 2. The quantitative estimate of drug-likeness (QED) is 0.562. The Morgan fingerprint density at radius 2 is 1.81 bits per heavy atom. The van der Waals surface area contributed by atoms with Crippen LogP contribution in [0.2, 0.25) is 0 Å². The second-order valence-corrected chi connectivity index (χ2v) is 8.26. The summed E-state index contributed by atoms with van der Waals surface area (Å²) < 4.78 is 38.1. The van der Waals surface area contributed by atoms with E-state index < -0.39 is 16.2 Å². The number of rotatable bonds is 4. The molecular weight excluding hydrogens is 422 g/mol. The molecule has 0 aliphatic rings. The van der Waals surface area contributed by atoms with E-state index in [9.17, 15) is 13.2 Å². The number of aromatic nitrogens is 1. The van der Waals surface area contributed by atoms with Gasteiger partial charge in [-0.2, -0.15) is 0 Å². The van der Waals surface area contributed by atoms with Crippen molar-refractivity contribution in [1.29, 1.82) is 0 Å². The second-order valence-electron chi connectivity index (χ2n) is 5.55. The van der Waals surface area contributed by atoms with Crippen molar-refractivity contribution < 1.29 is 22.7 Å². The summed E-state index contributed by atoms with van der Waals surface area (Å²) in [4.78, 5) is 11.8. The topological polar surface area (TPSA) is 74.6 Å². The lowest BCUT2D eigenvalue weighted by molar-refractivity contribution is 0.102. The normalized spacial score (nSPS) is 11.5. The fraction of sp³-hybridized carbons (Fsp3) is 0.167. The van der Waals surface area contributed by atoms with Crippen molar-refractivity contribution in [1.82, 2.24) is 3.97 Å². The fourth-order valence-corrected chi connectivity index (χ4v) is 4.33. The van der Waals surface area contributed by atoms with Gasteiger partial charge in [-0.3, -0.25) is 0 Å². The third-order valence-corrected chi connectivity index (χ3v) is 5.92. The van der Waals surface area contributed by atoms with Gasteiger partial charge in [-0.1, -0.05) is 33.6 Å². The van der Waals surface area contributed by atoms with E-state index in [2.05, 4.69) is 15.9 Å². The Kier molecular flexibility index (Phi) is 5.06. The standard InChI is InChI=1S/C18H16BrNO5S/c1-3-24-18(21)25-17-11-13-10-14(19)6-9-16(13)20(17)26(22,23)15-7-4-12(2)5-8-15/h4-11H,3H2,1-2H3. The summed E-state index contributed by atoms with van der Waals surface area (Å²) in [6, 6.07) is 13.0. The molecule has 2 aromatic carbocycles. The SMILES string of the molecule is CCOC(=O)Oc1cc2cc(Br)ccc2n1S(=O)(=O)c1ccc(C)cc1. The van der Waals surface area contributed by atoms with E-state index in [4.69, 9.17) is 9.47 Å². The molecule has 0 saturated carbocycles. The predicted molar refractivity (Wildman–Crippen MR) is 101 cm³/mol. The Morgan fingerprint density at radius 1 is 1.12 bits per heavy atom. The highest BCUT2D eigenvalue weighted by Crippen LogP contribution is 2.32. The summed E-state index contributed by atoms with van der Waals surface area (Å²) in [7, 11) is -3.97. The average molecular weight is 438 g/mol. The Morgan fingerprint density at radius 3 is 2.46 bits per heavy atom. The zero-order valence-corrected chi connectivity index (χ0v) is 16.5. The molecule has 136 valence electrons. The van der Waals surface area contributed by atoms with Crippen LogP contribution in [0.5, 0.6) is 5.88 Å². The van der Waals surface area contributed by atoms with Gasteiger partial charge in [-0.05, 0) is 44.2 Å². The summed E-state index contributed by atoms with van der Waals surface area (Å²) in [6.45, 7) is 3.63. The highest BCUT2D eigenvalue weighted by atomic mass is 79.9. The highest BCUT2D eigenvalue weighted by Gasteiger charge is 2.25. The van der Waals surface area contributed by atoms with Gasteiger partial charge >= 0.3 is 6.16 Å². The molecule has 0 fully saturated rings. The van der Waals surface area contributed by atoms with Crippen LogP contribution < -0.4 is 4.74 Å². The second kappa shape index (κ2) is 7.13. The number of ether oxygens (including phenoxy) is 2. The van der Waals surface area contributed by atoms with Crippen molar-refractivity contribution in [2.24, 2.45) is 0 Å². The molecular formula is C18H16BrNO5S. The maximum Gasteiger partial charge on any atom is 0.515 e. The molecule has 0 unspecified atom stereocenters.